The number of phenols is 1. The number of ether oxygens (including phenoxy) is 3. The number of hydrogen-bond acceptors (Lipinski definition) is 6. The third-order valence-corrected chi connectivity index (χ3v) is 5.09. The lowest BCUT2D eigenvalue weighted by Crippen LogP contribution is -2.22. The quantitative estimate of drug-likeness (QED) is 0.491. The topological polar surface area (TPSA) is 82.8 Å². The highest BCUT2D eigenvalue weighted by Gasteiger charge is 2.14. The lowest BCUT2D eigenvalue weighted by molar-refractivity contribution is 0.355. The van der Waals surface area contributed by atoms with Crippen molar-refractivity contribution in [3.05, 3.63) is 82.4 Å². The van der Waals surface area contributed by atoms with Crippen molar-refractivity contribution < 1.29 is 19.3 Å². The van der Waals surface area contributed by atoms with E-state index in [1.807, 2.05) is 6.07 Å². The van der Waals surface area contributed by atoms with E-state index in [1.54, 1.807) is 73.9 Å². The Kier molecular flexibility index (Phi) is 5.81. The normalized spacial score (nSPS) is 11.1. The Bertz CT molecular complexity index is 1370. The van der Waals surface area contributed by atoms with Crippen molar-refractivity contribution in [1.82, 2.24) is 9.55 Å². The number of benzene rings is 3. The molecule has 7 nitrogen and oxygen atoms in total. The number of rotatable bonds is 6. The maximum Gasteiger partial charge on any atom is 0.266 e. The first-order valence-corrected chi connectivity index (χ1v) is 9.85. The summed E-state index contributed by atoms with van der Waals surface area (Å²) in [5.41, 5.74) is 1.45. The molecular formula is C25H22N2O5. The minimum absolute atomic E-state index is 0.00653. The lowest BCUT2D eigenvalue weighted by atomic mass is 10.1. The Hall–Kier alpha value is -4.26. The molecule has 162 valence electrons. The molecule has 1 heterocycles. The summed E-state index contributed by atoms with van der Waals surface area (Å²) in [4.78, 5) is 18.1. The average Bonchev–Trinajstić information content (AvgIpc) is 2.83. The molecule has 0 bridgehead atoms. The molecule has 32 heavy (non-hydrogen) atoms. The zero-order valence-electron chi connectivity index (χ0n) is 17.9. The van der Waals surface area contributed by atoms with Crippen molar-refractivity contribution >= 4 is 23.1 Å². The third-order valence-electron chi connectivity index (χ3n) is 5.09. The first-order chi connectivity index (χ1) is 15.6. The highest BCUT2D eigenvalue weighted by Crippen LogP contribution is 2.31. The van der Waals surface area contributed by atoms with Gasteiger partial charge in [0.15, 0.2) is 23.0 Å². The van der Waals surface area contributed by atoms with Crippen LogP contribution < -0.4 is 19.8 Å². The van der Waals surface area contributed by atoms with Crippen LogP contribution in [-0.4, -0.2) is 36.0 Å². The van der Waals surface area contributed by atoms with Crippen LogP contribution in [-0.2, 0) is 0 Å². The zero-order valence-corrected chi connectivity index (χ0v) is 17.9. The van der Waals surface area contributed by atoms with Crippen LogP contribution in [0, 0.1) is 0 Å². The lowest BCUT2D eigenvalue weighted by Gasteiger charge is -2.14. The molecule has 1 aromatic heterocycles. The number of para-hydroxylation sites is 2. The van der Waals surface area contributed by atoms with Crippen LogP contribution in [0.5, 0.6) is 23.0 Å². The van der Waals surface area contributed by atoms with Gasteiger partial charge >= 0.3 is 0 Å². The predicted molar refractivity (Wildman–Crippen MR) is 124 cm³/mol. The Morgan fingerprint density at radius 1 is 0.844 bits per heavy atom. The van der Waals surface area contributed by atoms with E-state index >= 15 is 0 Å². The van der Waals surface area contributed by atoms with E-state index < -0.39 is 0 Å². The Labute approximate surface area is 184 Å². The molecule has 0 amide bonds. The van der Waals surface area contributed by atoms with Crippen molar-refractivity contribution in [2.45, 2.75) is 0 Å². The molecule has 0 spiro atoms. The first kappa shape index (κ1) is 21.0. The van der Waals surface area contributed by atoms with Crippen molar-refractivity contribution in [2.75, 3.05) is 21.3 Å². The molecule has 4 rings (SSSR count). The van der Waals surface area contributed by atoms with E-state index in [4.69, 9.17) is 14.2 Å². The molecular weight excluding hydrogens is 408 g/mol. The van der Waals surface area contributed by atoms with E-state index in [-0.39, 0.29) is 11.3 Å². The fraction of sp³-hybridized carbons (Fsp3) is 0.120. The fourth-order valence-electron chi connectivity index (χ4n) is 3.48. The van der Waals surface area contributed by atoms with Gasteiger partial charge in [0, 0.05) is 11.6 Å². The molecule has 7 heteroatoms. The molecule has 0 aliphatic carbocycles. The summed E-state index contributed by atoms with van der Waals surface area (Å²) in [6.07, 6.45) is 3.37. The molecule has 0 saturated heterocycles. The van der Waals surface area contributed by atoms with Crippen LogP contribution in [0.3, 0.4) is 0 Å². The summed E-state index contributed by atoms with van der Waals surface area (Å²) in [6, 6.07) is 17.6. The molecule has 0 aliphatic heterocycles. The number of hydrogen-bond donors (Lipinski definition) is 1. The van der Waals surface area contributed by atoms with E-state index in [0.29, 0.717) is 45.2 Å². The van der Waals surface area contributed by atoms with Crippen LogP contribution >= 0.6 is 0 Å². The molecule has 0 unspecified atom stereocenters. The number of phenolic OH excluding ortho intramolecular Hbond substituents is 1. The summed E-state index contributed by atoms with van der Waals surface area (Å²) >= 11 is 0. The Balaban J connectivity index is 1.94. The van der Waals surface area contributed by atoms with Gasteiger partial charge in [0.2, 0.25) is 0 Å². The molecule has 4 aromatic rings. The summed E-state index contributed by atoms with van der Waals surface area (Å²) in [6.45, 7) is 0. The van der Waals surface area contributed by atoms with Crippen molar-refractivity contribution in [1.29, 1.82) is 0 Å². The summed E-state index contributed by atoms with van der Waals surface area (Å²) in [5, 5.41) is 10.9. The molecule has 1 N–H and O–H groups in total. The maximum atomic E-state index is 13.4. The van der Waals surface area contributed by atoms with Crippen LogP contribution in [0.15, 0.2) is 65.5 Å². The molecule has 0 radical (unpaired) electrons. The first-order valence-electron chi connectivity index (χ1n) is 9.85. The smallest absolute Gasteiger partial charge is 0.266 e. The van der Waals surface area contributed by atoms with Gasteiger partial charge in [-0.25, -0.2) is 4.98 Å². The largest absolute Gasteiger partial charge is 0.504 e. The van der Waals surface area contributed by atoms with E-state index in [9.17, 15) is 9.90 Å². The molecule has 0 fully saturated rings. The predicted octanol–water partition coefficient (Wildman–Crippen LogP) is 4.29. The van der Waals surface area contributed by atoms with E-state index in [2.05, 4.69) is 4.98 Å². The van der Waals surface area contributed by atoms with Crippen molar-refractivity contribution in [3.8, 4) is 28.7 Å². The molecule has 0 atom stereocenters. The number of aromatic nitrogens is 2. The minimum atomic E-state index is -0.225. The second-order valence-electron chi connectivity index (χ2n) is 6.90. The van der Waals surface area contributed by atoms with Crippen molar-refractivity contribution in [3.63, 3.8) is 0 Å². The summed E-state index contributed by atoms with van der Waals surface area (Å²) in [5.74, 6) is 1.80. The maximum absolute atomic E-state index is 13.4. The summed E-state index contributed by atoms with van der Waals surface area (Å²) in [7, 11) is 4.58. The van der Waals surface area contributed by atoms with E-state index in [0.717, 1.165) is 0 Å². The molecule has 0 aliphatic rings. The van der Waals surface area contributed by atoms with Crippen LogP contribution in [0.4, 0.5) is 0 Å². The second-order valence-corrected chi connectivity index (χ2v) is 6.90. The van der Waals surface area contributed by atoms with Gasteiger partial charge in [-0.05, 0) is 42.5 Å². The molecule has 3 aromatic carbocycles. The van der Waals surface area contributed by atoms with Gasteiger partial charge in [0.05, 0.1) is 37.9 Å². The van der Waals surface area contributed by atoms with Crippen LogP contribution in [0.2, 0.25) is 0 Å². The highest BCUT2D eigenvalue weighted by atomic mass is 16.5. The van der Waals surface area contributed by atoms with E-state index in [1.165, 1.54) is 18.8 Å². The van der Waals surface area contributed by atoms with Crippen LogP contribution in [0.1, 0.15) is 11.4 Å². The molecule has 0 saturated carbocycles. The third kappa shape index (κ3) is 3.76. The van der Waals surface area contributed by atoms with Gasteiger partial charge in [-0.3, -0.25) is 9.36 Å². The summed E-state index contributed by atoms with van der Waals surface area (Å²) < 4.78 is 17.4. The minimum Gasteiger partial charge on any atom is -0.504 e. The Morgan fingerprint density at radius 2 is 1.59 bits per heavy atom. The standard InChI is InChI=1S/C25H22N2O5/c1-30-20-13-12-17(15-22(20)32-3)27-23(26-19-9-5-4-8-18(19)25(27)29)14-11-16-7-6-10-21(31-2)24(16)28/h4-15,28H,1-3H3. The van der Waals surface area contributed by atoms with Gasteiger partial charge in [-0.15, -0.1) is 0 Å². The number of aromatic hydroxyl groups is 1. The average molecular weight is 430 g/mol. The van der Waals surface area contributed by atoms with Crippen LogP contribution in [0.25, 0.3) is 28.7 Å². The number of nitrogens with zero attached hydrogens (tertiary/aromatic N) is 2. The highest BCUT2D eigenvalue weighted by molar-refractivity contribution is 5.80. The van der Waals surface area contributed by atoms with Gasteiger partial charge in [0.25, 0.3) is 5.56 Å². The number of fused-ring (bicyclic) bond motifs is 1. The zero-order chi connectivity index (χ0) is 22.7. The van der Waals surface area contributed by atoms with Gasteiger partial charge in [-0.2, -0.15) is 0 Å². The van der Waals surface area contributed by atoms with Gasteiger partial charge < -0.3 is 19.3 Å². The number of methoxy groups -OCH3 is 3. The Morgan fingerprint density at radius 3 is 2.34 bits per heavy atom. The fourth-order valence-corrected chi connectivity index (χ4v) is 3.48. The van der Waals surface area contributed by atoms with Gasteiger partial charge in [0.1, 0.15) is 5.82 Å². The second kappa shape index (κ2) is 8.85. The van der Waals surface area contributed by atoms with Gasteiger partial charge in [-0.1, -0.05) is 24.3 Å². The van der Waals surface area contributed by atoms with Crippen molar-refractivity contribution in [2.24, 2.45) is 0 Å². The SMILES string of the molecule is COc1ccc(-n2c(C=Cc3cccc(OC)c3O)nc3ccccc3c2=O)cc1OC. The monoisotopic (exact) mass is 430 g/mol.